The first kappa shape index (κ1) is 18.8. The van der Waals surface area contributed by atoms with Gasteiger partial charge in [-0.1, -0.05) is 0 Å². The molecule has 0 nitrogen and oxygen atoms in total. The summed E-state index contributed by atoms with van der Waals surface area (Å²) in [5.74, 6) is 0.827. The van der Waals surface area contributed by atoms with Gasteiger partial charge < -0.3 is 0 Å². The predicted molar refractivity (Wildman–Crippen MR) is 99.2 cm³/mol. The van der Waals surface area contributed by atoms with Crippen LogP contribution >= 0.6 is 0 Å². The Balaban J connectivity index is 2.53. The fourth-order valence-electron chi connectivity index (χ4n) is 2.71. The average molecular weight is 392 g/mol. The quantitative estimate of drug-likeness (QED) is 0.363. The van der Waals surface area contributed by atoms with Gasteiger partial charge in [-0.05, 0) is 0 Å². The summed E-state index contributed by atoms with van der Waals surface area (Å²) < 4.78 is 4.81. The fraction of sp³-hybridized carbons (Fsp3) is 0.600. The molecule has 1 heteroatoms. The number of allylic oxidation sites excluding steroid dienone is 1. The van der Waals surface area contributed by atoms with Crippen LogP contribution in [-0.2, 0) is 0 Å². The van der Waals surface area contributed by atoms with Crippen LogP contribution in [0.25, 0.3) is 6.08 Å². The molecule has 0 aromatic heterocycles. The van der Waals surface area contributed by atoms with Crippen LogP contribution in [-0.4, -0.2) is 19.8 Å². The molecule has 1 rings (SSSR count). The SMILES string of the molecule is CCC[CH2][Sn]([CH2]CCC)[CH2]C(C=Cc1ccccc1)CC. The van der Waals surface area contributed by atoms with Gasteiger partial charge in [0.2, 0.25) is 0 Å². The maximum atomic E-state index is 2.49. The Hall–Kier alpha value is -0.241. The summed E-state index contributed by atoms with van der Waals surface area (Å²) in [6, 6.07) is 10.8. The van der Waals surface area contributed by atoms with Crippen molar-refractivity contribution in [2.24, 2.45) is 5.92 Å². The van der Waals surface area contributed by atoms with Crippen molar-refractivity contribution < 1.29 is 0 Å². The summed E-state index contributed by atoms with van der Waals surface area (Å²) >= 11 is -1.12. The van der Waals surface area contributed by atoms with E-state index in [2.05, 4.69) is 63.3 Å². The summed E-state index contributed by atoms with van der Waals surface area (Å²) in [4.78, 5) is 0. The van der Waals surface area contributed by atoms with Crippen LogP contribution in [0, 0.1) is 5.92 Å². The van der Waals surface area contributed by atoms with Crippen LogP contribution in [0.15, 0.2) is 36.4 Å². The van der Waals surface area contributed by atoms with Gasteiger partial charge in [-0.2, -0.15) is 0 Å². The van der Waals surface area contributed by atoms with Crippen molar-refractivity contribution in [1.82, 2.24) is 0 Å². The van der Waals surface area contributed by atoms with Crippen molar-refractivity contribution in [3.63, 3.8) is 0 Å². The molecule has 0 saturated carbocycles. The van der Waals surface area contributed by atoms with Gasteiger partial charge in [0.1, 0.15) is 0 Å². The predicted octanol–water partition coefficient (Wildman–Crippen LogP) is 6.82. The summed E-state index contributed by atoms with van der Waals surface area (Å²) in [6.45, 7) is 7.04. The molecule has 0 aliphatic rings. The Kier molecular flexibility index (Phi) is 11.0. The number of unbranched alkanes of at least 4 members (excludes halogenated alkanes) is 2. The Bertz CT molecular complexity index is 361. The van der Waals surface area contributed by atoms with E-state index in [1.807, 2.05) is 0 Å². The molecule has 0 saturated heterocycles. The van der Waals surface area contributed by atoms with Gasteiger partial charge in [-0.3, -0.25) is 0 Å². The van der Waals surface area contributed by atoms with Gasteiger partial charge in [0.15, 0.2) is 0 Å². The van der Waals surface area contributed by atoms with Gasteiger partial charge >= 0.3 is 140 Å². The Labute approximate surface area is 139 Å². The molecule has 21 heavy (non-hydrogen) atoms. The van der Waals surface area contributed by atoms with Crippen molar-refractivity contribution in [2.75, 3.05) is 0 Å². The van der Waals surface area contributed by atoms with Gasteiger partial charge in [0, 0.05) is 0 Å². The summed E-state index contributed by atoms with van der Waals surface area (Å²) in [5, 5.41) is 0. The van der Waals surface area contributed by atoms with Gasteiger partial charge in [-0.25, -0.2) is 0 Å². The van der Waals surface area contributed by atoms with Crippen molar-refractivity contribution in [3.8, 4) is 0 Å². The van der Waals surface area contributed by atoms with Crippen molar-refractivity contribution in [2.45, 2.75) is 66.2 Å². The minimum atomic E-state index is -1.12. The van der Waals surface area contributed by atoms with Crippen LogP contribution in [0.4, 0.5) is 0 Å². The molecule has 1 unspecified atom stereocenters. The van der Waals surface area contributed by atoms with E-state index in [9.17, 15) is 0 Å². The summed E-state index contributed by atoms with van der Waals surface area (Å²) in [5.41, 5.74) is 1.35. The molecule has 0 aliphatic carbocycles. The Morgan fingerprint density at radius 2 is 1.57 bits per heavy atom. The van der Waals surface area contributed by atoms with Gasteiger partial charge in [0.25, 0.3) is 0 Å². The van der Waals surface area contributed by atoms with Crippen LogP contribution < -0.4 is 0 Å². The second-order valence-corrected chi connectivity index (χ2v) is 14.4. The molecule has 1 aromatic rings. The van der Waals surface area contributed by atoms with Crippen LogP contribution in [0.2, 0.25) is 13.3 Å². The molecule has 0 heterocycles. The number of hydrogen-bond acceptors (Lipinski definition) is 0. The first-order chi connectivity index (χ1) is 10.3. The normalized spacial score (nSPS) is 13.1. The number of rotatable bonds is 11. The van der Waals surface area contributed by atoms with Crippen molar-refractivity contribution >= 4 is 25.8 Å². The molecule has 0 bridgehead atoms. The zero-order valence-corrected chi connectivity index (χ0v) is 17.1. The zero-order chi connectivity index (χ0) is 15.3. The van der Waals surface area contributed by atoms with E-state index in [4.69, 9.17) is 0 Å². The Morgan fingerprint density at radius 1 is 0.952 bits per heavy atom. The standard InChI is InChI=1S/C12H15.2C4H9.Sn/c1-3-11(2)9-10-12-7-5-4-6-8-12;2*1-3-4-2;/h4-11H,2-3H2,1H3;2*1,3-4H2,2H3;. The zero-order valence-electron chi connectivity index (χ0n) is 14.3. The van der Waals surface area contributed by atoms with E-state index in [1.54, 1.807) is 13.3 Å². The molecular weight excluding hydrogens is 359 g/mol. The van der Waals surface area contributed by atoms with Crippen LogP contribution in [0.5, 0.6) is 0 Å². The number of hydrogen-bond donors (Lipinski definition) is 0. The van der Waals surface area contributed by atoms with Gasteiger partial charge in [-0.15, -0.1) is 0 Å². The van der Waals surface area contributed by atoms with Crippen LogP contribution in [0.3, 0.4) is 0 Å². The fourth-order valence-corrected chi connectivity index (χ4v) is 12.8. The van der Waals surface area contributed by atoms with Crippen molar-refractivity contribution in [3.05, 3.63) is 42.0 Å². The molecule has 1 atom stereocenters. The van der Waals surface area contributed by atoms with E-state index in [-0.39, 0.29) is 0 Å². The molecule has 0 aliphatic heterocycles. The monoisotopic (exact) mass is 393 g/mol. The second-order valence-electron chi connectivity index (χ2n) is 6.10. The minimum absolute atomic E-state index is 0.827. The molecule has 1 radical (unpaired) electrons. The third kappa shape index (κ3) is 8.70. The molecule has 1 aromatic carbocycles. The van der Waals surface area contributed by atoms with Crippen molar-refractivity contribution in [1.29, 1.82) is 0 Å². The van der Waals surface area contributed by atoms with E-state index >= 15 is 0 Å². The third-order valence-electron chi connectivity index (χ3n) is 4.20. The van der Waals surface area contributed by atoms with Gasteiger partial charge in [0.05, 0.1) is 0 Å². The topological polar surface area (TPSA) is 0 Å². The number of benzene rings is 1. The van der Waals surface area contributed by atoms with E-state index in [0.717, 1.165) is 5.92 Å². The summed E-state index contributed by atoms with van der Waals surface area (Å²) in [6.07, 6.45) is 11.9. The third-order valence-corrected chi connectivity index (χ3v) is 13.4. The van der Waals surface area contributed by atoms with E-state index < -0.39 is 19.8 Å². The Morgan fingerprint density at radius 3 is 2.10 bits per heavy atom. The second kappa shape index (κ2) is 12.3. The molecular formula is C20H33Sn. The molecule has 117 valence electrons. The first-order valence-electron chi connectivity index (χ1n) is 8.86. The maximum absolute atomic E-state index is 2.49. The van der Waals surface area contributed by atoms with E-state index in [0.29, 0.717) is 0 Å². The molecule has 0 N–H and O–H groups in total. The molecule has 0 fully saturated rings. The molecule has 0 amide bonds. The first-order valence-corrected chi connectivity index (χ1v) is 14.9. The molecule has 0 spiro atoms. The average Bonchev–Trinajstić information content (AvgIpc) is 2.54. The van der Waals surface area contributed by atoms with Crippen LogP contribution in [0.1, 0.15) is 58.4 Å². The summed E-state index contributed by atoms with van der Waals surface area (Å²) in [7, 11) is 0. The van der Waals surface area contributed by atoms with E-state index in [1.165, 1.54) is 37.7 Å².